The number of aliphatic hydroxyl groups excluding tert-OH is 1. The highest BCUT2D eigenvalue weighted by Gasteiger charge is 2.35. The monoisotopic (exact) mass is 282 g/mol. The van der Waals surface area contributed by atoms with E-state index < -0.39 is 0 Å². The molecule has 2 heterocycles. The van der Waals surface area contributed by atoms with Crippen LogP contribution in [0.4, 0.5) is 0 Å². The van der Waals surface area contributed by atoms with Crippen LogP contribution in [0, 0.1) is 12.3 Å². The third-order valence-electron chi connectivity index (χ3n) is 4.46. The number of aromatic nitrogens is 3. The van der Waals surface area contributed by atoms with Crippen molar-refractivity contribution in [2.45, 2.75) is 32.7 Å². The van der Waals surface area contributed by atoms with Crippen LogP contribution in [-0.4, -0.2) is 58.2 Å². The van der Waals surface area contributed by atoms with Gasteiger partial charge in [0, 0.05) is 32.7 Å². The van der Waals surface area contributed by atoms with Gasteiger partial charge in [0.25, 0.3) is 0 Å². The van der Waals surface area contributed by atoms with Gasteiger partial charge in [-0.25, -0.2) is 0 Å². The van der Waals surface area contributed by atoms with Crippen molar-refractivity contribution in [1.82, 2.24) is 19.7 Å². The summed E-state index contributed by atoms with van der Waals surface area (Å²) in [6.07, 6.45) is 3.09. The number of hydrogen-bond donors (Lipinski definition) is 1. The summed E-state index contributed by atoms with van der Waals surface area (Å²) in [5, 5.41) is 18.1. The lowest BCUT2D eigenvalue weighted by Gasteiger charge is -2.41. The van der Waals surface area contributed by atoms with Crippen LogP contribution in [0.5, 0.6) is 0 Å². The third-order valence-corrected chi connectivity index (χ3v) is 4.46. The predicted molar refractivity (Wildman–Crippen MR) is 76.3 cm³/mol. The minimum Gasteiger partial charge on any atom is -0.396 e. The lowest BCUT2D eigenvalue weighted by Crippen LogP contribution is -2.45. The fourth-order valence-corrected chi connectivity index (χ4v) is 2.96. The Morgan fingerprint density at radius 3 is 2.80 bits per heavy atom. The Morgan fingerprint density at radius 2 is 2.20 bits per heavy atom. The number of ether oxygens (including phenoxy) is 1. The maximum Gasteiger partial charge on any atom is 0.146 e. The molecule has 0 saturated carbocycles. The first-order chi connectivity index (χ1) is 9.60. The van der Waals surface area contributed by atoms with Crippen LogP contribution < -0.4 is 0 Å². The first kappa shape index (κ1) is 15.4. The molecule has 2 rings (SSSR count). The predicted octanol–water partition coefficient (Wildman–Crippen LogP) is 0.735. The van der Waals surface area contributed by atoms with Crippen LogP contribution in [-0.2, 0) is 18.3 Å². The van der Waals surface area contributed by atoms with Crippen molar-refractivity contribution in [3.05, 3.63) is 11.6 Å². The highest BCUT2D eigenvalue weighted by atomic mass is 16.5. The molecule has 0 spiro atoms. The van der Waals surface area contributed by atoms with Crippen LogP contribution >= 0.6 is 0 Å². The number of methoxy groups -OCH3 is 1. The van der Waals surface area contributed by atoms with Crippen LogP contribution in [0.3, 0.4) is 0 Å². The van der Waals surface area contributed by atoms with Crippen molar-refractivity contribution < 1.29 is 9.84 Å². The van der Waals surface area contributed by atoms with Crippen LogP contribution in [0.25, 0.3) is 0 Å². The topological polar surface area (TPSA) is 63.4 Å². The zero-order valence-electron chi connectivity index (χ0n) is 12.8. The third kappa shape index (κ3) is 3.37. The van der Waals surface area contributed by atoms with E-state index in [0.717, 1.165) is 50.5 Å². The summed E-state index contributed by atoms with van der Waals surface area (Å²) >= 11 is 0. The number of rotatable bonds is 6. The van der Waals surface area contributed by atoms with Gasteiger partial charge >= 0.3 is 0 Å². The number of nitrogens with zero attached hydrogens (tertiary/aromatic N) is 4. The second-order valence-electron chi connectivity index (χ2n) is 5.94. The Morgan fingerprint density at radius 1 is 1.40 bits per heavy atom. The first-order valence-electron chi connectivity index (χ1n) is 7.27. The van der Waals surface area contributed by atoms with Gasteiger partial charge < -0.3 is 14.4 Å². The maximum atomic E-state index is 9.80. The number of aryl methyl sites for hydroxylation is 1. The minimum absolute atomic E-state index is 0.0259. The molecule has 6 nitrogen and oxygen atoms in total. The molecule has 0 aromatic carbocycles. The highest BCUT2D eigenvalue weighted by molar-refractivity contribution is 4.95. The summed E-state index contributed by atoms with van der Waals surface area (Å²) in [7, 11) is 3.72. The molecule has 0 unspecified atom stereocenters. The molecule has 1 N–H and O–H groups in total. The molecule has 6 heteroatoms. The van der Waals surface area contributed by atoms with Gasteiger partial charge in [-0.05, 0) is 32.7 Å². The lowest BCUT2D eigenvalue weighted by atomic mass is 9.78. The summed E-state index contributed by atoms with van der Waals surface area (Å²) in [4.78, 5) is 2.37. The minimum atomic E-state index is -0.0259. The molecule has 1 aliphatic rings. The van der Waals surface area contributed by atoms with Gasteiger partial charge in [0.2, 0.25) is 0 Å². The molecule has 0 radical (unpaired) electrons. The molecule has 114 valence electrons. The smallest absolute Gasteiger partial charge is 0.146 e. The number of likely N-dealkylation sites (tertiary alicyclic amines) is 1. The molecular formula is C14H26N4O2. The Balaban J connectivity index is 2.00. The van der Waals surface area contributed by atoms with Crippen molar-refractivity contribution in [3.63, 3.8) is 0 Å². The first-order valence-corrected chi connectivity index (χ1v) is 7.27. The highest BCUT2D eigenvalue weighted by Crippen LogP contribution is 2.33. The van der Waals surface area contributed by atoms with Gasteiger partial charge in [0.1, 0.15) is 11.6 Å². The summed E-state index contributed by atoms with van der Waals surface area (Å²) in [6.45, 7) is 5.65. The van der Waals surface area contributed by atoms with Crippen molar-refractivity contribution in [2.24, 2.45) is 12.5 Å². The fraction of sp³-hybridized carbons (Fsp3) is 0.857. The molecule has 0 amide bonds. The molecule has 1 fully saturated rings. The van der Waals surface area contributed by atoms with Gasteiger partial charge in [0.05, 0.1) is 13.2 Å². The van der Waals surface area contributed by atoms with Crippen molar-refractivity contribution >= 4 is 0 Å². The van der Waals surface area contributed by atoms with Gasteiger partial charge in [-0.3, -0.25) is 4.90 Å². The van der Waals surface area contributed by atoms with E-state index in [1.165, 1.54) is 0 Å². The molecular weight excluding hydrogens is 256 g/mol. The number of aliphatic hydroxyl groups is 1. The average molecular weight is 282 g/mol. The summed E-state index contributed by atoms with van der Waals surface area (Å²) in [5.74, 6) is 1.92. The SMILES string of the molecule is COCC[C@]1(CO)CCCN(Cc2nnc(C)n2C)C1. The van der Waals surface area contributed by atoms with E-state index in [-0.39, 0.29) is 12.0 Å². The Hall–Kier alpha value is -0.980. The van der Waals surface area contributed by atoms with E-state index in [4.69, 9.17) is 4.74 Å². The van der Waals surface area contributed by atoms with E-state index in [1.807, 2.05) is 18.5 Å². The summed E-state index contributed by atoms with van der Waals surface area (Å²) in [5.41, 5.74) is -0.0259. The van der Waals surface area contributed by atoms with E-state index in [0.29, 0.717) is 6.61 Å². The Bertz CT molecular complexity index is 435. The van der Waals surface area contributed by atoms with Crippen LogP contribution in [0.15, 0.2) is 0 Å². The maximum absolute atomic E-state index is 9.80. The standard InChI is InChI=1S/C14H26N4O2/c1-12-15-16-13(17(12)2)9-18-7-4-5-14(10-18,11-19)6-8-20-3/h19H,4-11H2,1-3H3/t14-/m1/s1. The van der Waals surface area contributed by atoms with Gasteiger partial charge in [-0.2, -0.15) is 0 Å². The summed E-state index contributed by atoms with van der Waals surface area (Å²) < 4.78 is 7.22. The van der Waals surface area contributed by atoms with Crippen molar-refractivity contribution in [2.75, 3.05) is 33.4 Å². The van der Waals surface area contributed by atoms with Crippen LogP contribution in [0.2, 0.25) is 0 Å². The van der Waals surface area contributed by atoms with Crippen molar-refractivity contribution in [1.29, 1.82) is 0 Å². The summed E-state index contributed by atoms with van der Waals surface area (Å²) in [6, 6.07) is 0. The lowest BCUT2D eigenvalue weighted by molar-refractivity contribution is 0.00368. The normalized spacial score (nSPS) is 24.2. The van der Waals surface area contributed by atoms with E-state index in [1.54, 1.807) is 7.11 Å². The second kappa shape index (κ2) is 6.65. The van der Waals surface area contributed by atoms with Gasteiger partial charge in [-0.15, -0.1) is 10.2 Å². The Labute approximate surface area is 120 Å². The second-order valence-corrected chi connectivity index (χ2v) is 5.94. The largest absolute Gasteiger partial charge is 0.396 e. The molecule has 1 saturated heterocycles. The molecule has 1 aromatic rings. The fourth-order valence-electron chi connectivity index (χ4n) is 2.96. The number of hydrogen-bond acceptors (Lipinski definition) is 5. The quantitative estimate of drug-likeness (QED) is 0.833. The van der Waals surface area contributed by atoms with E-state index >= 15 is 0 Å². The molecule has 0 bridgehead atoms. The van der Waals surface area contributed by atoms with Gasteiger partial charge in [-0.1, -0.05) is 0 Å². The number of piperidine rings is 1. The molecule has 1 atom stereocenters. The van der Waals surface area contributed by atoms with Crippen molar-refractivity contribution in [3.8, 4) is 0 Å². The molecule has 1 aliphatic heterocycles. The van der Waals surface area contributed by atoms with E-state index in [2.05, 4.69) is 15.1 Å². The van der Waals surface area contributed by atoms with Crippen LogP contribution in [0.1, 0.15) is 30.9 Å². The molecule has 1 aromatic heterocycles. The Kier molecular flexibility index (Phi) is 5.12. The average Bonchev–Trinajstić information content (AvgIpc) is 2.77. The van der Waals surface area contributed by atoms with Gasteiger partial charge in [0.15, 0.2) is 0 Å². The zero-order valence-corrected chi connectivity index (χ0v) is 12.8. The van der Waals surface area contributed by atoms with E-state index in [9.17, 15) is 5.11 Å². The molecule has 0 aliphatic carbocycles. The zero-order chi connectivity index (χ0) is 14.6. The molecule has 20 heavy (non-hydrogen) atoms.